The summed E-state index contributed by atoms with van der Waals surface area (Å²) in [6, 6.07) is 14.8. The quantitative estimate of drug-likeness (QED) is 0.682. The summed E-state index contributed by atoms with van der Waals surface area (Å²) in [7, 11) is 1.77. The van der Waals surface area contributed by atoms with E-state index in [1.165, 1.54) is 29.5 Å². The first kappa shape index (κ1) is 23.0. The highest BCUT2D eigenvalue weighted by Crippen LogP contribution is 2.33. The molecule has 2 aromatic carbocycles. The Morgan fingerprint density at radius 2 is 1.84 bits per heavy atom. The highest BCUT2D eigenvalue weighted by Gasteiger charge is 2.31. The van der Waals surface area contributed by atoms with E-state index in [1.807, 2.05) is 0 Å². The van der Waals surface area contributed by atoms with Gasteiger partial charge in [-0.2, -0.15) is 0 Å². The Morgan fingerprint density at radius 3 is 2.53 bits per heavy atom. The number of aliphatic hydroxyl groups excluding tert-OH is 2. The molecule has 3 atom stereocenters. The van der Waals surface area contributed by atoms with E-state index in [-0.39, 0.29) is 24.4 Å². The summed E-state index contributed by atoms with van der Waals surface area (Å²) in [5, 5.41) is 19.6. The van der Waals surface area contributed by atoms with Crippen LogP contribution in [0.2, 0.25) is 0 Å². The summed E-state index contributed by atoms with van der Waals surface area (Å²) in [4.78, 5) is 0. The number of aliphatic hydroxyl groups is 2. The van der Waals surface area contributed by atoms with Gasteiger partial charge in [0.05, 0.1) is 24.9 Å². The Labute approximate surface area is 191 Å². The maximum absolute atomic E-state index is 10.2. The largest absolute Gasteiger partial charge is 0.394 e. The van der Waals surface area contributed by atoms with Crippen molar-refractivity contribution in [1.29, 1.82) is 0 Å². The molecule has 1 aliphatic carbocycles. The third-order valence-electron chi connectivity index (χ3n) is 6.91. The van der Waals surface area contributed by atoms with E-state index in [4.69, 9.17) is 9.47 Å². The topological polar surface area (TPSA) is 58.9 Å². The van der Waals surface area contributed by atoms with Gasteiger partial charge in [-0.05, 0) is 73.4 Å². The first-order chi connectivity index (χ1) is 15.5. The second-order valence-electron chi connectivity index (χ2n) is 9.27. The van der Waals surface area contributed by atoms with Crippen LogP contribution in [0, 0.1) is 18.8 Å². The van der Waals surface area contributed by atoms with Crippen molar-refractivity contribution in [3.05, 3.63) is 70.3 Å². The maximum Gasteiger partial charge on any atom is 0.128 e. The number of ether oxygens (including phenoxy) is 2. The van der Waals surface area contributed by atoms with Crippen LogP contribution < -0.4 is 0 Å². The predicted octanol–water partition coefficient (Wildman–Crippen LogP) is 4.47. The van der Waals surface area contributed by atoms with E-state index in [9.17, 15) is 10.2 Å². The number of hydrogen-bond acceptors (Lipinski definition) is 4. The predicted molar refractivity (Wildman–Crippen MR) is 125 cm³/mol. The van der Waals surface area contributed by atoms with Crippen molar-refractivity contribution >= 4 is 0 Å². The summed E-state index contributed by atoms with van der Waals surface area (Å²) in [5.41, 5.74) is 5.52. The molecule has 0 aromatic heterocycles. The van der Waals surface area contributed by atoms with Crippen molar-refractivity contribution in [2.45, 2.75) is 75.8 Å². The van der Waals surface area contributed by atoms with Gasteiger partial charge in [0.1, 0.15) is 5.60 Å². The van der Waals surface area contributed by atoms with Crippen LogP contribution in [0.3, 0.4) is 0 Å². The van der Waals surface area contributed by atoms with Gasteiger partial charge < -0.3 is 19.7 Å². The first-order valence-electron chi connectivity index (χ1n) is 11.7. The molecular formula is C28H34O4. The van der Waals surface area contributed by atoms with Gasteiger partial charge in [0.15, 0.2) is 0 Å². The van der Waals surface area contributed by atoms with Gasteiger partial charge in [0.25, 0.3) is 0 Å². The minimum absolute atomic E-state index is 0.0625. The second-order valence-corrected chi connectivity index (χ2v) is 9.27. The number of methoxy groups -OCH3 is 1. The summed E-state index contributed by atoms with van der Waals surface area (Å²) >= 11 is 0. The normalized spacial score (nSPS) is 24.7. The van der Waals surface area contributed by atoms with Crippen molar-refractivity contribution in [1.82, 2.24) is 0 Å². The molecular weight excluding hydrogens is 400 g/mol. The van der Waals surface area contributed by atoms with Gasteiger partial charge in [0.2, 0.25) is 0 Å². The van der Waals surface area contributed by atoms with Gasteiger partial charge in [-0.15, -0.1) is 0 Å². The van der Waals surface area contributed by atoms with Gasteiger partial charge in [-0.1, -0.05) is 42.2 Å². The second kappa shape index (κ2) is 10.2. The van der Waals surface area contributed by atoms with E-state index >= 15 is 0 Å². The van der Waals surface area contributed by atoms with Crippen LogP contribution in [-0.2, 0) is 15.9 Å². The fraction of sp³-hybridized carbons (Fsp3) is 0.500. The molecule has 1 saturated carbocycles. The SMILES string of the molecule is COC1(C#Cc2ccc(Cc3cc([C@H]4C[C@@H](O)C[C@@H](CO)O4)ccc3C)cc2)CCCC1. The third-order valence-corrected chi connectivity index (χ3v) is 6.91. The molecule has 2 fully saturated rings. The molecule has 0 bridgehead atoms. The Balaban J connectivity index is 1.47. The highest BCUT2D eigenvalue weighted by molar-refractivity contribution is 5.41. The van der Waals surface area contributed by atoms with Crippen molar-refractivity contribution < 1.29 is 19.7 Å². The van der Waals surface area contributed by atoms with Crippen molar-refractivity contribution in [3.63, 3.8) is 0 Å². The Bertz CT molecular complexity index is 963. The lowest BCUT2D eigenvalue weighted by atomic mass is 9.92. The smallest absolute Gasteiger partial charge is 0.128 e. The average Bonchev–Trinajstić information content (AvgIpc) is 3.29. The number of hydrogen-bond donors (Lipinski definition) is 2. The maximum atomic E-state index is 10.2. The van der Waals surface area contributed by atoms with Crippen LogP contribution >= 0.6 is 0 Å². The molecule has 32 heavy (non-hydrogen) atoms. The zero-order valence-corrected chi connectivity index (χ0v) is 19.1. The lowest BCUT2D eigenvalue weighted by Crippen LogP contribution is -2.33. The van der Waals surface area contributed by atoms with Crippen LogP contribution in [0.15, 0.2) is 42.5 Å². The van der Waals surface area contributed by atoms with Crippen molar-refractivity contribution in [2.75, 3.05) is 13.7 Å². The van der Waals surface area contributed by atoms with Crippen LogP contribution in [0.5, 0.6) is 0 Å². The molecule has 0 radical (unpaired) electrons. The van der Waals surface area contributed by atoms with Gasteiger partial charge in [-0.3, -0.25) is 0 Å². The fourth-order valence-corrected chi connectivity index (χ4v) is 4.84. The molecule has 0 spiro atoms. The molecule has 2 aliphatic rings. The highest BCUT2D eigenvalue weighted by atomic mass is 16.5. The molecule has 4 rings (SSSR count). The molecule has 2 N–H and O–H groups in total. The van der Waals surface area contributed by atoms with E-state index in [0.29, 0.717) is 12.8 Å². The van der Waals surface area contributed by atoms with Crippen molar-refractivity contribution in [3.8, 4) is 11.8 Å². The summed E-state index contributed by atoms with van der Waals surface area (Å²) in [6.07, 6.45) is 5.37. The molecule has 1 saturated heterocycles. The Hall–Kier alpha value is -2.16. The summed E-state index contributed by atoms with van der Waals surface area (Å²) in [6.45, 7) is 2.06. The van der Waals surface area contributed by atoms with Crippen molar-refractivity contribution in [2.24, 2.45) is 0 Å². The van der Waals surface area contributed by atoms with Gasteiger partial charge >= 0.3 is 0 Å². The molecule has 4 heteroatoms. The third kappa shape index (κ3) is 5.42. The molecule has 170 valence electrons. The lowest BCUT2D eigenvalue weighted by molar-refractivity contribution is -0.113. The number of rotatable bonds is 5. The van der Waals surface area contributed by atoms with Gasteiger partial charge in [0, 0.05) is 25.5 Å². The molecule has 0 unspecified atom stereocenters. The lowest BCUT2D eigenvalue weighted by Gasteiger charge is -2.32. The Morgan fingerprint density at radius 1 is 1.09 bits per heavy atom. The molecule has 4 nitrogen and oxygen atoms in total. The van der Waals surface area contributed by atoms with Crippen LogP contribution in [0.4, 0.5) is 0 Å². The summed E-state index contributed by atoms with van der Waals surface area (Å²) < 4.78 is 11.7. The first-order valence-corrected chi connectivity index (χ1v) is 11.7. The van der Waals surface area contributed by atoms with Gasteiger partial charge in [-0.25, -0.2) is 0 Å². The van der Waals surface area contributed by atoms with Crippen LogP contribution in [-0.4, -0.2) is 41.7 Å². The van der Waals surface area contributed by atoms with Crippen LogP contribution in [0.1, 0.15) is 72.4 Å². The van der Waals surface area contributed by atoms with E-state index < -0.39 is 6.10 Å². The van der Waals surface area contributed by atoms with E-state index in [0.717, 1.165) is 30.4 Å². The number of aryl methyl sites for hydroxylation is 1. The molecule has 1 heterocycles. The van der Waals surface area contributed by atoms with E-state index in [1.54, 1.807) is 7.11 Å². The minimum atomic E-state index is -0.439. The molecule has 1 aliphatic heterocycles. The fourth-order valence-electron chi connectivity index (χ4n) is 4.84. The summed E-state index contributed by atoms with van der Waals surface area (Å²) in [5.74, 6) is 6.68. The molecule has 2 aromatic rings. The monoisotopic (exact) mass is 434 g/mol. The molecule has 0 amide bonds. The average molecular weight is 435 g/mol. The number of benzene rings is 2. The standard InChI is InChI=1S/C28H34O4/c1-20-5-10-23(27-18-25(30)17-26(19-29)32-27)16-24(20)15-22-8-6-21(7-9-22)11-14-28(31-2)12-3-4-13-28/h5-10,16,25-27,29-30H,3-4,12-13,15,17-19H2,1-2H3/t25-,26-,27+/m0/s1. The van der Waals surface area contributed by atoms with E-state index in [2.05, 4.69) is 61.2 Å². The minimum Gasteiger partial charge on any atom is -0.394 e. The van der Waals surface area contributed by atoms with Crippen LogP contribution in [0.25, 0.3) is 0 Å². The Kier molecular flexibility index (Phi) is 7.33. The zero-order chi connectivity index (χ0) is 22.6. The zero-order valence-electron chi connectivity index (χ0n) is 19.1.